The molecule has 2 aliphatic carbocycles. The van der Waals surface area contributed by atoms with Gasteiger partial charge in [-0.05, 0) is 47.6 Å². The summed E-state index contributed by atoms with van der Waals surface area (Å²) < 4.78 is 0. The van der Waals surface area contributed by atoms with Gasteiger partial charge in [0, 0.05) is 6.04 Å². The summed E-state index contributed by atoms with van der Waals surface area (Å²) in [5, 5.41) is 12.4. The quantitative estimate of drug-likeness (QED) is 0.896. The van der Waals surface area contributed by atoms with Crippen LogP contribution < -0.4 is 5.32 Å². The highest BCUT2D eigenvalue weighted by atomic mass is 16.4. The Hall–Kier alpha value is -1.84. The number of nitrogens with one attached hydrogen (secondary N) is 1. The summed E-state index contributed by atoms with van der Waals surface area (Å²) in [6, 6.07) is 6.92. The van der Waals surface area contributed by atoms with Crippen LogP contribution in [0.1, 0.15) is 56.0 Å². The molecule has 23 heavy (non-hydrogen) atoms. The molecule has 0 spiro atoms. The Balaban J connectivity index is 1.71. The Kier molecular flexibility index (Phi) is 3.74. The average Bonchev–Trinajstić information content (AvgIpc) is 2.81. The summed E-state index contributed by atoms with van der Waals surface area (Å²) in [5.41, 5.74) is 1.18. The fraction of sp³-hybridized carbons (Fsp3) is 0.579. The molecule has 4 heteroatoms. The first-order chi connectivity index (χ1) is 10.8. The Bertz CT molecular complexity index is 652. The standard InChI is InChI=1S/C19H25NO3/c1-18(2)13-8-9-19(18,3)15(11-13)20-16(21)10-12-6-4-5-7-14(12)17(22)23/h4-7,13,15H,8-11H2,1-3H3,(H,20,21)(H,22,23). The van der Waals surface area contributed by atoms with E-state index < -0.39 is 5.97 Å². The van der Waals surface area contributed by atoms with E-state index in [2.05, 4.69) is 26.1 Å². The zero-order valence-corrected chi connectivity index (χ0v) is 14.1. The van der Waals surface area contributed by atoms with Crippen molar-refractivity contribution in [2.75, 3.05) is 0 Å². The Labute approximate surface area is 137 Å². The second-order valence-electron chi connectivity index (χ2n) is 7.87. The van der Waals surface area contributed by atoms with Crippen molar-refractivity contribution in [3.63, 3.8) is 0 Å². The second-order valence-corrected chi connectivity index (χ2v) is 7.87. The fourth-order valence-corrected chi connectivity index (χ4v) is 4.72. The lowest BCUT2D eigenvalue weighted by molar-refractivity contribution is -0.122. The predicted octanol–water partition coefficient (Wildman–Crippen LogP) is 3.26. The number of hydrogen-bond acceptors (Lipinski definition) is 2. The summed E-state index contributed by atoms with van der Waals surface area (Å²) in [6.07, 6.45) is 3.56. The van der Waals surface area contributed by atoms with Crippen LogP contribution in [0.15, 0.2) is 24.3 Å². The lowest BCUT2D eigenvalue weighted by Crippen LogP contribution is -2.47. The summed E-state index contributed by atoms with van der Waals surface area (Å²) in [5.74, 6) is -0.390. The zero-order valence-electron chi connectivity index (χ0n) is 14.1. The maximum absolute atomic E-state index is 12.5. The molecule has 1 aromatic carbocycles. The molecular weight excluding hydrogens is 290 g/mol. The van der Waals surface area contributed by atoms with E-state index in [0.29, 0.717) is 11.5 Å². The third-order valence-electron chi connectivity index (χ3n) is 6.73. The summed E-state index contributed by atoms with van der Waals surface area (Å²) in [7, 11) is 0. The van der Waals surface area contributed by atoms with Crippen LogP contribution in [0.3, 0.4) is 0 Å². The molecule has 3 unspecified atom stereocenters. The van der Waals surface area contributed by atoms with Crippen molar-refractivity contribution in [3.05, 3.63) is 35.4 Å². The van der Waals surface area contributed by atoms with Crippen molar-refractivity contribution in [3.8, 4) is 0 Å². The molecule has 0 saturated heterocycles. The Morgan fingerprint density at radius 1 is 1.26 bits per heavy atom. The molecule has 2 N–H and O–H groups in total. The van der Waals surface area contributed by atoms with Crippen molar-refractivity contribution in [1.82, 2.24) is 5.32 Å². The monoisotopic (exact) mass is 315 g/mol. The number of carbonyl (C=O) groups is 2. The first kappa shape index (κ1) is 16.0. The first-order valence-corrected chi connectivity index (χ1v) is 8.36. The predicted molar refractivity (Wildman–Crippen MR) is 88.3 cm³/mol. The van der Waals surface area contributed by atoms with Gasteiger partial charge in [0.15, 0.2) is 0 Å². The molecule has 124 valence electrons. The van der Waals surface area contributed by atoms with E-state index in [0.717, 1.165) is 12.8 Å². The molecule has 0 aromatic heterocycles. The molecule has 4 nitrogen and oxygen atoms in total. The van der Waals surface area contributed by atoms with Crippen LogP contribution in [0.4, 0.5) is 0 Å². The molecule has 1 amide bonds. The van der Waals surface area contributed by atoms with Gasteiger partial charge < -0.3 is 10.4 Å². The van der Waals surface area contributed by atoms with Crippen LogP contribution in [0.5, 0.6) is 0 Å². The third kappa shape index (κ3) is 2.44. The molecule has 0 heterocycles. The highest BCUT2D eigenvalue weighted by Gasteiger charge is 2.61. The molecule has 2 bridgehead atoms. The highest BCUT2D eigenvalue weighted by molar-refractivity contribution is 5.91. The minimum Gasteiger partial charge on any atom is -0.478 e. The molecule has 3 atom stereocenters. The van der Waals surface area contributed by atoms with Crippen molar-refractivity contribution in [2.45, 2.75) is 52.5 Å². The molecule has 2 saturated carbocycles. The van der Waals surface area contributed by atoms with Gasteiger partial charge in [-0.3, -0.25) is 4.79 Å². The maximum atomic E-state index is 12.5. The normalized spacial score (nSPS) is 31.1. The minimum absolute atomic E-state index is 0.0757. The van der Waals surface area contributed by atoms with Crippen molar-refractivity contribution in [1.29, 1.82) is 0 Å². The SMILES string of the molecule is CC1(C)C2CCC1(C)C(NC(=O)Cc1ccccc1C(=O)O)C2. The molecule has 2 fully saturated rings. The third-order valence-corrected chi connectivity index (χ3v) is 6.73. The molecule has 0 aliphatic heterocycles. The van der Waals surface area contributed by atoms with E-state index in [-0.39, 0.29) is 34.8 Å². The lowest BCUT2D eigenvalue weighted by Gasteiger charge is -2.39. The van der Waals surface area contributed by atoms with E-state index in [9.17, 15) is 14.7 Å². The van der Waals surface area contributed by atoms with Gasteiger partial charge in [0.1, 0.15) is 0 Å². The number of hydrogen-bond donors (Lipinski definition) is 2. The topological polar surface area (TPSA) is 66.4 Å². The van der Waals surface area contributed by atoms with Gasteiger partial charge >= 0.3 is 5.97 Å². The molecule has 3 rings (SSSR count). The molecular formula is C19H25NO3. The van der Waals surface area contributed by atoms with Crippen LogP contribution in [-0.2, 0) is 11.2 Å². The van der Waals surface area contributed by atoms with Crippen LogP contribution in [0, 0.1) is 16.7 Å². The van der Waals surface area contributed by atoms with Gasteiger partial charge in [0.05, 0.1) is 12.0 Å². The van der Waals surface area contributed by atoms with Crippen LogP contribution >= 0.6 is 0 Å². The zero-order chi connectivity index (χ0) is 16.8. The number of carbonyl (C=O) groups excluding carboxylic acids is 1. The van der Waals surface area contributed by atoms with E-state index in [1.165, 1.54) is 6.42 Å². The van der Waals surface area contributed by atoms with E-state index in [1.54, 1.807) is 24.3 Å². The smallest absolute Gasteiger partial charge is 0.335 e. The van der Waals surface area contributed by atoms with Gasteiger partial charge in [-0.15, -0.1) is 0 Å². The highest BCUT2D eigenvalue weighted by Crippen LogP contribution is 2.65. The van der Waals surface area contributed by atoms with E-state index in [1.807, 2.05) is 0 Å². The molecule has 2 aliphatic rings. The van der Waals surface area contributed by atoms with Gasteiger partial charge in [-0.2, -0.15) is 0 Å². The summed E-state index contributed by atoms with van der Waals surface area (Å²) in [6.45, 7) is 6.92. The molecule has 1 aromatic rings. The van der Waals surface area contributed by atoms with Gasteiger partial charge in [-0.1, -0.05) is 39.0 Å². The number of aromatic carboxylic acids is 1. The number of benzene rings is 1. The van der Waals surface area contributed by atoms with Crippen LogP contribution in [0.25, 0.3) is 0 Å². The number of fused-ring (bicyclic) bond motifs is 2. The van der Waals surface area contributed by atoms with Gasteiger partial charge in [0.25, 0.3) is 0 Å². The summed E-state index contributed by atoms with van der Waals surface area (Å²) in [4.78, 5) is 23.7. The van der Waals surface area contributed by atoms with Crippen LogP contribution in [0.2, 0.25) is 0 Å². The Morgan fingerprint density at radius 3 is 2.52 bits per heavy atom. The van der Waals surface area contributed by atoms with E-state index >= 15 is 0 Å². The van der Waals surface area contributed by atoms with E-state index in [4.69, 9.17) is 0 Å². The number of carboxylic acid groups (broad SMARTS) is 1. The molecule has 0 radical (unpaired) electrons. The largest absolute Gasteiger partial charge is 0.478 e. The van der Waals surface area contributed by atoms with Crippen molar-refractivity contribution >= 4 is 11.9 Å². The fourth-order valence-electron chi connectivity index (χ4n) is 4.72. The first-order valence-electron chi connectivity index (χ1n) is 8.36. The Morgan fingerprint density at radius 2 is 1.96 bits per heavy atom. The number of carboxylic acids is 1. The number of rotatable bonds is 4. The van der Waals surface area contributed by atoms with Gasteiger partial charge in [0.2, 0.25) is 5.91 Å². The van der Waals surface area contributed by atoms with Gasteiger partial charge in [-0.25, -0.2) is 4.79 Å². The van der Waals surface area contributed by atoms with Crippen molar-refractivity contribution in [2.24, 2.45) is 16.7 Å². The van der Waals surface area contributed by atoms with Crippen LogP contribution in [-0.4, -0.2) is 23.0 Å². The second kappa shape index (κ2) is 5.36. The van der Waals surface area contributed by atoms with Crippen molar-refractivity contribution < 1.29 is 14.7 Å². The minimum atomic E-state index is -0.985. The average molecular weight is 315 g/mol. The number of amides is 1. The lowest BCUT2D eigenvalue weighted by atomic mass is 9.69. The summed E-state index contributed by atoms with van der Waals surface area (Å²) >= 11 is 0. The maximum Gasteiger partial charge on any atom is 0.335 e.